The van der Waals surface area contributed by atoms with E-state index in [4.69, 9.17) is 4.74 Å². The van der Waals surface area contributed by atoms with Crippen molar-refractivity contribution in [3.8, 4) is 5.75 Å². The van der Waals surface area contributed by atoms with E-state index in [9.17, 15) is 14.0 Å². The lowest BCUT2D eigenvalue weighted by atomic mass is 10.1. The van der Waals surface area contributed by atoms with Crippen molar-refractivity contribution in [3.63, 3.8) is 0 Å². The molecule has 180 valence electrons. The SMILES string of the molecule is O=C(Nc1ccc(O[C@H]2CCN(C(=O)c3ccccc3F)C2)cc1)[C@H]1CCN(c2cccnn2)C1. The number of halogens is 1. The highest BCUT2D eigenvalue weighted by Crippen LogP contribution is 2.25. The van der Waals surface area contributed by atoms with Crippen molar-refractivity contribution >= 4 is 23.3 Å². The maximum atomic E-state index is 13.9. The molecule has 2 amide bonds. The molecule has 2 saturated heterocycles. The fourth-order valence-electron chi connectivity index (χ4n) is 4.51. The second-order valence-electron chi connectivity index (χ2n) is 8.79. The minimum absolute atomic E-state index is 0.0249. The van der Waals surface area contributed by atoms with Gasteiger partial charge in [0.1, 0.15) is 17.7 Å². The van der Waals surface area contributed by atoms with Gasteiger partial charge in [-0.15, -0.1) is 5.10 Å². The van der Waals surface area contributed by atoms with E-state index in [2.05, 4.69) is 20.4 Å². The smallest absolute Gasteiger partial charge is 0.256 e. The summed E-state index contributed by atoms with van der Waals surface area (Å²) in [5.41, 5.74) is 0.776. The van der Waals surface area contributed by atoms with Crippen LogP contribution in [0.1, 0.15) is 23.2 Å². The summed E-state index contributed by atoms with van der Waals surface area (Å²) in [6, 6.07) is 17.0. The Balaban J connectivity index is 1.11. The molecule has 0 aliphatic carbocycles. The summed E-state index contributed by atoms with van der Waals surface area (Å²) in [4.78, 5) is 29.0. The van der Waals surface area contributed by atoms with E-state index in [1.54, 1.807) is 47.5 Å². The van der Waals surface area contributed by atoms with Crippen LogP contribution in [-0.4, -0.2) is 59.2 Å². The lowest BCUT2D eigenvalue weighted by Gasteiger charge is -2.18. The number of ether oxygens (including phenoxy) is 1. The third-order valence-electron chi connectivity index (χ3n) is 6.40. The fraction of sp³-hybridized carbons (Fsp3) is 0.308. The molecule has 9 heteroatoms. The number of benzene rings is 2. The highest BCUT2D eigenvalue weighted by Gasteiger charge is 2.30. The van der Waals surface area contributed by atoms with Crippen LogP contribution in [0.4, 0.5) is 15.9 Å². The van der Waals surface area contributed by atoms with E-state index < -0.39 is 5.82 Å². The number of amides is 2. The van der Waals surface area contributed by atoms with Gasteiger partial charge in [0.05, 0.1) is 18.0 Å². The maximum absolute atomic E-state index is 13.9. The van der Waals surface area contributed by atoms with Crippen molar-refractivity contribution in [2.75, 3.05) is 36.4 Å². The number of anilines is 2. The molecule has 1 aromatic heterocycles. The number of likely N-dealkylation sites (tertiary alicyclic amines) is 1. The van der Waals surface area contributed by atoms with E-state index in [0.717, 1.165) is 18.8 Å². The standard InChI is InChI=1S/C26H26FN5O3/c27-23-5-2-1-4-22(23)26(34)32-15-12-21(17-32)35-20-9-7-19(8-10-20)29-25(33)18-11-14-31(16-18)24-6-3-13-28-30-24/h1-10,13,18,21H,11-12,14-17H2,(H,29,33)/t18-,21-/m0/s1. The van der Waals surface area contributed by atoms with E-state index in [0.29, 0.717) is 37.5 Å². The Morgan fingerprint density at radius 2 is 1.80 bits per heavy atom. The third-order valence-corrected chi connectivity index (χ3v) is 6.40. The number of carbonyl (C=O) groups is 2. The predicted molar refractivity (Wildman–Crippen MR) is 129 cm³/mol. The van der Waals surface area contributed by atoms with Crippen molar-refractivity contribution in [1.29, 1.82) is 0 Å². The molecule has 8 nitrogen and oxygen atoms in total. The molecule has 2 aliphatic rings. The molecule has 2 aliphatic heterocycles. The highest BCUT2D eigenvalue weighted by atomic mass is 19.1. The Morgan fingerprint density at radius 3 is 2.57 bits per heavy atom. The monoisotopic (exact) mass is 475 g/mol. The second-order valence-corrected chi connectivity index (χ2v) is 8.79. The summed E-state index contributed by atoms with van der Waals surface area (Å²) in [5.74, 6) is 0.455. The average Bonchev–Trinajstić information content (AvgIpc) is 3.56. The number of nitrogens with one attached hydrogen (secondary N) is 1. The Bertz CT molecular complexity index is 1190. The zero-order valence-electron chi connectivity index (χ0n) is 19.1. The van der Waals surface area contributed by atoms with Gasteiger partial charge in [-0.2, -0.15) is 5.10 Å². The minimum Gasteiger partial charge on any atom is -0.489 e. The van der Waals surface area contributed by atoms with E-state index >= 15 is 0 Å². The predicted octanol–water partition coefficient (Wildman–Crippen LogP) is 3.37. The molecule has 2 fully saturated rings. The number of hydrogen-bond acceptors (Lipinski definition) is 6. The van der Waals surface area contributed by atoms with Gasteiger partial charge in [0.2, 0.25) is 5.91 Å². The first-order chi connectivity index (χ1) is 17.1. The summed E-state index contributed by atoms with van der Waals surface area (Å²) >= 11 is 0. The first-order valence-electron chi connectivity index (χ1n) is 11.7. The molecule has 0 unspecified atom stereocenters. The molecule has 5 rings (SSSR count). The number of aromatic nitrogens is 2. The van der Waals surface area contributed by atoms with E-state index in [1.807, 2.05) is 12.1 Å². The lowest BCUT2D eigenvalue weighted by Crippen LogP contribution is -2.31. The Labute approximate surface area is 202 Å². The quantitative estimate of drug-likeness (QED) is 0.588. The molecule has 3 heterocycles. The van der Waals surface area contributed by atoms with Crippen LogP contribution in [0.5, 0.6) is 5.75 Å². The van der Waals surface area contributed by atoms with Crippen LogP contribution in [-0.2, 0) is 4.79 Å². The molecular formula is C26H26FN5O3. The van der Waals surface area contributed by atoms with Crippen LogP contribution in [0, 0.1) is 11.7 Å². The van der Waals surface area contributed by atoms with Gasteiger partial charge < -0.3 is 19.9 Å². The van der Waals surface area contributed by atoms with Gasteiger partial charge in [-0.1, -0.05) is 12.1 Å². The van der Waals surface area contributed by atoms with Gasteiger partial charge in [0.15, 0.2) is 5.82 Å². The van der Waals surface area contributed by atoms with Gasteiger partial charge in [0, 0.05) is 37.9 Å². The molecule has 0 radical (unpaired) electrons. The lowest BCUT2D eigenvalue weighted by molar-refractivity contribution is -0.119. The van der Waals surface area contributed by atoms with Gasteiger partial charge >= 0.3 is 0 Å². The van der Waals surface area contributed by atoms with E-state index in [1.165, 1.54) is 12.1 Å². The van der Waals surface area contributed by atoms with Crippen LogP contribution in [0.25, 0.3) is 0 Å². The average molecular weight is 476 g/mol. The largest absolute Gasteiger partial charge is 0.489 e. The molecule has 1 N–H and O–H groups in total. The summed E-state index contributed by atoms with van der Waals surface area (Å²) in [6.07, 6.45) is 2.89. The summed E-state index contributed by atoms with van der Waals surface area (Å²) < 4.78 is 20.0. The van der Waals surface area contributed by atoms with Crippen molar-refractivity contribution in [2.24, 2.45) is 5.92 Å². The fourth-order valence-corrected chi connectivity index (χ4v) is 4.51. The van der Waals surface area contributed by atoms with Crippen molar-refractivity contribution < 1.29 is 18.7 Å². The molecule has 0 bridgehead atoms. The molecule has 0 spiro atoms. The van der Waals surface area contributed by atoms with Gasteiger partial charge in [-0.3, -0.25) is 9.59 Å². The minimum atomic E-state index is -0.515. The molecular weight excluding hydrogens is 449 g/mol. The van der Waals surface area contributed by atoms with Gasteiger partial charge in [-0.25, -0.2) is 4.39 Å². The Kier molecular flexibility index (Phi) is 6.56. The number of rotatable bonds is 6. The normalized spacial score (nSPS) is 19.6. The first-order valence-corrected chi connectivity index (χ1v) is 11.7. The van der Waals surface area contributed by atoms with Crippen LogP contribution in [0.2, 0.25) is 0 Å². The van der Waals surface area contributed by atoms with Crippen molar-refractivity contribution in [2.45, 2.75) is 18.9 Å². The van der Waals surface area contributed by atoms with Crippen LogP contribution in [0.3, 0.4) is 0 Å². The molecule has 2 aromatic carbocycles. The van der Waals surface area contributed by atoms with Crippen molar-refractivity contribution in [1.82, 2.24) is 15.1 Å². The Hall–Kier alpha value is -4.01. The van der Waals surface area contributed by atoms with Crippen LogP contribution in [0.15, 0.2) is 66.9 Å². The zero-order valence-corrected chi connectivity index (χ0v) is 19.1. The topological polar surface area (TPSA) is 87.7 Å². The number of carbonyl (C=O) groups excluding carboxylic acids is 2. The molecule has 3 aromatic rings. The molecule has 2 atom stereocenters. The highest BCUT2D eigenvalue weighted by molar-refractivity contribution is 5.95. The van der Waals surface area contributed by atoms with Crippen molar-refractivity contribution in [3.05, 3.63) is 78.2 Å². The Morgan fingerprint density at radius 1 is 0.971 bits per heavy atom. The molecule has 0 saturated carbocycles. The van der Waals surface area contributed by atoms with Gasteiger partial charge in [-0.05, 0) is 55.0 Å². The summed E-state index contributed by atoms with van der Waals surface area (Å²) in [5, 5.41) is 11.0. The van der Waals surface area contributed by atoms with Crippen LogP contribution >= 0.6 is 0 Å². The summed E-state index contributed by atoms with van der Waals surface area (Å²) in [7, 11) is 0. The number of nitrogens with zero attached hydrogens (tertiary/aromatic N) is 4. The molecule has 35 heavy (non-hydrogen) atoms. The number of hydrogen-bond donors (Lipinski definition) is 1. The summed E-state index contributed by atoms with van der Waals surface area (Å²) in [6.45, 7) is 2.28. The van der Waals surface area contributed by atoms with Crippen LogP contribution < -0.4 is 15.0 Å². The first kappa shape index (κ1) is 22.8. The second kappa shape index (κ2) is 10.1. The van der Waals surface area contributed by atoms with Gasteiger partial charge in [0.25, 0.3) is 5.91 Å². The maximum Gasteiger partial charge on any atom is 0.256 e. The van der Waals surface area contributed by atoms with E-state index in [-0.39, 0.29) is 29.4 Å². The zero-order chi connectivity index (χ0) is 24.2. The third kappa shape index (κ3) is 5.24.